The monoisotopic (exact) mass is 311 g/mol. The molecule has 0 amide bonds. The van der Waals surface area contributed by atoms with E-state index in [2.05, 4.69) is 12.6 Å². The van der Waals surface area contributed by atoms with Gasteiger partial charge in [0.15, 0.2) is 0 Å². The van der Waals surface area contributed by atoms with Crippen LogP contribution in [0.1, 0.15) is 50.5 Å². The highest BCUT2D eigenvalue weighted by Crippen LogP contribution is 2.24. The van der Waals surface area contributed by atoms with Crippen molar-refractivity contribution in [2.24, 2.45) is 0 Å². The summed E-state index contributed by atoms with van der Waals surface area (Å²) in [4.78, 5) is 10.3. The Kier molecular flexibility index (Phi) is 8.90. The summed E-state index contributed by atoms with van der Waals surface area (Å²) in [6.45, 7) is 2.53. The fourth-order valence-electron chi connectivity index (χ4n) is 2.14. The van der Waals surface area contributed by atoms with E-state index < -0.39 is 4.92 Å². The third-order valence-corrected chi connectivity index (χ3v) is 3.76. The molecule has 0 radical (unpaired) electrons. The number of nitro benzene ring substituents is 1. The fourth-order valence-corrected chi connectivity index (χ4v) is 2.36. The molecule has 0 aliphatic carbocycles. The van der Waals surface area contributed by atoms with Crippen LogP contribution in [0.5, 0.6) is 5.75 Å². The third kappa shape index (κ3) is 7.37. The quantitative estimate of drug-likeness (QED) is 0.272. The number of non-ortho nitro benzene ring substituents is 1. The number of hydrogen-bond donors (Lipinski definition) is 1. The Balaban J connectivity index is 2.18. The van der Waals surface area contributed by atoms with E-state index in [1.165, 1.54) is 44.2 Å². The lowest BCUT2D eigenvalue weighted by Crippen LogP contribution is -2.00. The standard InChI is InChI=1S/C16H25NO3S/c1-14-9-10-15(17(18)19)13-16(14)20-11-7-5-3-2-4-6-8-12-21/h9-10,13,21H,2-8,11-12H2,1H3. The van der Waals surface area contributed by atoms with Crippen molar-refractivity contribution in [3.05, 3.63) is 33.9 Å². The summed E-state index contributed by atoms with van der Waals surface area (Å²) in [7, 11) is 0. The molecule has 21 heavy (non-hydrogen) atoms. The number of rotatable bonds is 11. The number of aryl methyl sites for hydroxylation is 1. The zero-order chi connectivity index (χ0) is 15.5. The van der Waals surface area contributed by atoms with Crippen LogP contribution < -0.4 is 4.74 Å². The van der Waals surface area contributed by atoms with Gasteiger partial charge in [0, 0.05) is 6.07 Å². The Morgan fingerprint density at radius 1 is 1.10 bits per heavy atom. The van der Waals surface area contributed by atoms with Gasteiger partial charge in [-0.15, -0.1) is 0 Å². The number of thiol groups is 1. The summed E-state index contributed by atoms with van der Waals surface area (Å²) >= 11 is 4.20. The molecule has 0 aliphatic rings. The van der Waals surface area contributed by atoms with E-state index in [4.69, 9.17) is 4.74 Å². The first-order chi connectivity index (χ1) is 10.1. The largest absolute Gasteiger partial charge is 0.493 e. The van der Waals surface area contributed by atoms with Crippen molar-refractivity contribution in [1.29, 1.82) is 0 Å². The number of nitrogens with zero attached hydrogens (tertiary/aromatic N) is 1. The van der Waals surface area contributed by atoms with Crippen LogP contribution in [0.3, 0.4) is 0 Å². The second-order valence-corrected chi connectivity index (χ2v) is 5.70. The maximum atomic E-state index is 10.7. The highest BCUT2D eigenvalue weighted by molar-refractivity contribution is 7.80. The molecule has 1 aromatic carbocycles. The molecule has 1 rings (SSSR count). The van der Waals surface area contributed by atoms with Gasteiger partial charge in [0.25, 0.3) is 5.69 Å². The van der Waals surface area contributed by atoms with Crippen molar-refractivity contribution >= 4 is 18.3 Å². The first kappa shape index (κ1) is 17.8. The molecular formula is C16H25NO3S. The SMILES string of the molecule is Cc1ccc([N+](=O)[O-])cc1OCCCCCCCCCS. The van der Waals surface area contributed by atoms with Gasteiger partial charge in [-0.3, -0.25) is 10.1 Å². The van der Waals surface area contributed by atoms with E-state index in [1.54, 1.807) is 6.07 Å². The molecule has 0 spiro atoms. The first-order valence-corrected chi connectivity index (χ1v) is 8.27. The second-order valence-electron chi connectivity index (χ2n) is 5.25. The highest BCUT2D eigenvalue weighted by Gasteiger charge is 2.09. The predicted octanol–water partition coefficient (Wildman–Crippen LogP) is 4.94. The summed E-state index contributed by atoms with van der Waals surface area (Å²) in [5.74, 6) is 1.61. The topological polar surface area (TPSA) is 52.4 Å². The number of nitro groups is 1. The lowest BCUT2D eigenvalue weighted by Gasteiger charge is -2.08. The maximum absolute atomic E-state index is 10.7. The first-order valence-electron chi connectivity index (χ1n) is 7.64. The van der Waals surface area contributed by atoms with Crippen LogP contribution in [0.4, 0.5) is 5.69 Å². The molecule has 1 aromatic rings. The minimum atomic E-state index is -0.392. The summed E-state index contributed by atoms with van der Waals surface area (Å²) in [6.07, 6.45) is 8.40. The molecule has 0 heterocycles. The molecule has 0 bridgehead atoms. The average Bonchev–Trinajstić information content (AvgIpc) is 2.47. The molecule has 0 N–H and O–H groups in total. The summed E-state index contributed by atoms with van der Waals surface area (Å²) in [6, 6.07) is 4.74. The Labute approximate surface area is 132 Å². The van der Waals surface area contributed by atoms with Crippen LogP contribution in [0, 0.1) is 17.0 Å². The smallest absolute Gasteiger partial charge is 0.273 e. The van der Waals surface area contributed by atoms with Gasteiger partial charge in [0.1, 0.15) is 5.75 Å². The van der Waals surface area contributed by atoms with E-state index in [0.717, 1.165) is 24.2 Å². The molecule has 118 valence electrons. The molecule has 0 unspecified atom stereocenters. The van der Waals surface area contributed by atoms with E-state index in [9.17, 15) is 10.1 Å². The normalized spacial score (nSPS) is 10.6. The van der Waals surface area contributed by atoms with Crippen molar-refractivity contribution in [3.8, 4) is 5.75 Å². The number of unbranched alkanes of at least 4 members (excludes halogenated alkanes) is 6. The van der Waals surface area contributed by atoms with Gasteiger partial charge in [0.2, 0.25) is 0 Å². The average molecular weight is 311 g/mol. The van der Waals surface area contributed by atoms with Crippen LogP contribution in [0.25, 0.3) is 0 Å². The van der Waals surface area contributed by atoms with Crippen molar-refractivity contribution in [1.82, 2.24) is 0 Å². The van der Waals surface area contributed by atoms with Gasteiger partial charge in [-0.2, -0.15) is 12.6 Å². The minimum Gasteiger partial charge on any atom is -0.493 e. The molecule has 5 heteroatoms. The van der Waals surface area contributed by atoms with Gasteiger partial charge in [0.05, 0.1) is 17.6 Å². The molecule has 0 aliphatic heterocycles. The van der Waals surface area contributed by atoms with E-state index in [1.807, 2.05) is 6.92 Å². The second kappa shape index (κ2) is 10.5. The fraction of sp³-hybridized carbons (Fsp3) is 0.625. The van der Waals surface area contributed by atoms with Crippen LogP contribution in [-0.2, 0) is 0 Å². The van der Waals surface area contributed by atoms with Crippen molar-refractivity contribution in [2.45, 2.75) is 51.9 Å². The third-order valence-electron chi connectivity index (χ3n) is 3.44. The Morgan fingerprint density at radius 2 is 1.71 bits per heavy atom. The highest BCUT2D eigenvalue weighted by atomic mass is 32.1. The molecule has 0 fully saturated rings. The Bertz CT molecular complexity index is 438. The summed E-state index contributed by atoms with van der Waals surface area (Å²) < 4.78 is 5.66. The molecule has 4 nitrogen and oxygen atoms in total. The van der Waals surface area contributed by atoms with Crippen molar-refractivity contribution in [3.63, 3.8) is 0 Å². The number of hydrogen-bond acceptors (Lipinski definition) is 4. The van der Waals surface area contributed by atoms with Gasteiger partial charge >= 0.3 is 0 Å². The zero-order valence-electron chi connectivity index (χ0n) is 12.7. The number of benzene rings is 1. The van der Waals surface area contributed by atoms with Gasteiger partial charge < -0.3 is 4.74 Å². The van der Waals surface area contributed by atoms with Crippen molar-refractivity contribution < 1.29 is 9.66 Å². The summed E-state index contributed by atoms with van der Waals surface area (Å²) in [5.41, 5.74) is 1.02. The van der Waals surface area contributed by atoms with Crippen LogP contribution in [-0.4, -0.2) is 17.3 Å². The zero-order valence-corrected chi connectivity index (χ0v) is 13.6. The maximum Gasteiger partial charge on any atom is 0.273 e. The van der Waals surface area contributed by atoms with E-state index in [0.29, 0.717) is 12.4 Å². The Hall–Kier alpha value is -1.23. The van der Waals surface area contributed by atoms with Gasteiger partial charge in [-0.05, 0) is 37.1 Å². The molecule has 0 atom stereocenters. The molecule has 0 saturated carbocycles. The van der Waals surface area contributed by atoms with Crippen LogP contribution >= 0.6 is 12.6 Å². The van der Waals surface area contributed by atoms with Gasteiger partial charge in [-0.25, -0.2) is 0 Å². The number of ether oxygens (including phenoxy) is 1. The Morgan fingerprint density at radius 3 is 2.33 bits per heavy atom. The molecule has 0 saturated heterocycles. The molecular weight excluding hydrogens is 286 g/mol. The summed E-state index contributed by atoms with van der Waals surface area (Å²) in [5, 5.41) is 10.7. The molecule has 0 aromatic heterocycles. The van der Waals surface area contributed by atoms with Crippen LogP contribution in [0.2, 0.25) is 0 Å². The predicted molar refractivity (Wildman–Crippen MR) is 89.5 cm³/mol. The van der Waals surface area contributed by atoms with Gasteiger partial charge in [-0.1, -0.05) is 32.1 Å². The van der Waals surface area contributed by atoms with Crippen molar-refractivity contribution in [2.75, 3.05) is 12.4 Å². The minimum absolute atomic E-state index is 0.0831. The van der Waals surface area contributed by atoms with Crippen LogP contribution in [0.15, 0.2) is 18.2 Å². The lowest BCUT2D eigenvalue weighted by atomic mass is 10.1. The van der Waals surface area contributed by atoms with E-state index in [-0.39, 0.29) is 5.69 Å². The lowest BCUT2D eigenvalue weighted by molar-refractivity contribution is -0.384. The van der Waals surface area contributed by atoms with E-state index >= 15 is 0 Å².